The lowest BCUT2D eigenvalue weighted by Gasteiger charge is -2.26. The van der Waals surface area contributed by atoms with E-state index in [2.05, 4.69) is 28.1 Å². The number of nitrogens with zero attached hydrogens (tertiary/aromatic N) is 1. The van der Waals surface area contributed by atoms with E-state index in [0.717, 1.165) is 34.5 Å². The molecule has 0 amide bonds. The zero-order valence-electron chi connectivity index (χ0n) is 18.9. The minimum absolute atomic E-state index is 0.309. The Morgan fingerprint density at radius 3 is 2.71 bits per heavy atom. The molecule has 0 saturated heterocycles. The van der Waals surface area contributed by atoms with E-state index in [0.29, 0.717) is 18.1 Å². The number of aryl methyl sites for hydroxylation is 1. The first kappa shape index (κ1) is 21.4. The van der Waals surface area contributed by atoms with Crippen LogP contribution < -0.4 is 4.74 Å². The zero-order valence-corrected chi connectivity index (χ0v) is 18.9. The molecule has 1 aliphatic rings. The number of hydrogen-bond acceptors (Lipinski definition) is 4. The summed E-state index contributed by atoms with van der Waals surface area (Å²) >= 11 is 0. The minimum atomic E-state index is -0.310. The fourth-order valence-electron chi connectivity index (χ4n) is 4.10. The predicted octanol–water partition coefficient (Wildman–Crippen LogP) is 5.60. The largest absolute Gasteiger partial charge is 0.492 e. The van der Waals surface area contributed by atoms with Crippen LogP contribution in [0.5, 0.6) is 5.75 Å². The van der Waals surface area contributed by atoms with Gasteiger partial charge >= 0.3 is 5.97 Å². The van der Waals surface area contributed by atoms with Gasteiger partial charge in [-0.25, -0.2) is 4.79 Å². The molecule has 2 aromatic carbocycles. The van der Waals surface area contributed by atoms with E-state index >= 15 is 0 Å². The number of hydrogen-bond donors (Lipinski definition) is 1. The van der Waals surface area contributed by atoms with Crippen molar-refractivity contribution in [1.29, 1.82) is 0 Å². The summed E-state index contributed by atoms with van der Waals surface area (Å²) < 4.78 is 11.8. The van der Waals surface area contributed by atoms with E-state index < -0.39 is 0 Å². The molecule has 1 fully saturated rings. The van der Waals surface area contributed by atoms with Crippen molar-refractivity contribution in [3.8, 4) is 5.75 Å². The lowest BCUT2D eigenvalue weighted by atomic mass is 9.79. The van der Waals surface area contributed by atoms with Crippen LogP contribution in [0, 0.1) is 6.92 Å². The third-order valence-electron chi connectivity index (χ3n) is 6.21. The van der Waals surface area contributed by atoms with Gasteiger partial charge in [0.25, 0.3) is 0 Å². The summed E-state index contributed by atoms with van der Waals surface area (Å²) in [6.07, 6.45) is 3.51. The molecule has 4 rings (SSSR count). The number of fused-ring (bicyclic) bond motifs is 1. The Bertz CT molecular complexity index is 1070. The highest BCUT2D eigenvalue weighted by Crippen LogP contribution is 2.37. The Morgan fingerprint density at radius 2 is 2.00 bits per heavy atom. The molecule has 1 N–H and O–H groups in total. The molecule has 0 bridgehead atoms. The number of esters is 1. The average molecular weight is 421 g/mol. The number of nitrogens with one attached hydrogen (secondary N) is 1. The molecule has 0 radical (unpaired) electrons. The van der Waals surface area contributed by atoms with Crippen molar-refractivity contribution >= 4 is 16.9 Å². The Morgan fingerprint density at radius 1 is 1.19 bits per heavy atom. The second-order valence-corrected chi connectivity index (χ2v) is 8.83. The maximum absolute atomic E-state index is 13.1. The number of ether oxygens (including phenoxy) is 2. The Labute approximate surface area is 184 Å². The van der Waals surface area contributed by atoms with Crippen LogP contribution in [0.25, 0.3) is 10.9 Å². The molecule has 5 heteroatoms. The summed E-state index contributed by atoms with van der Waals surface area (Å²) in [5, 5.41) is 0.834. The first-order valence-electron chi connectivity index (χ1n) is 11.1. The van der Waals surface area contributed by atoms with E-state index in [1.165, 1.54) is 24.8 Å². The highest BCUT2D eigenvalue weighted by Gasteiger charge is 2.23. The second-order valence-electron chi connectivity index (χ2n) is 8.83. The minimum Gasteiger partial charge on any atom is -0.492 e. The number of aromatic nitrogens is 1. The van der Waals surface area contributed by atoms with Crippen LogP contribution in [0.2, 0.25) is 0 Å². The van der Waals surface area contributed by atoms with Gasteiger partial charge in [-0.15, -0.1) is 0 Å². The van der Waals surface area contributed by atoms with E-state index in [9.17, 15) is 4.79 Å². The first-order chi connectivity index (χ1) is 14.9. The molecule has 0 aliphatic heterocycles. The van der Waals surface area contributed by atoms with Gasteiger partial charge in [0.15, 0.2) is 0 Å². The zero-order chi connectivity index (χ0) is 22.0. The summed E-state index contributed by atoms with van der Waals surface area (Å²) in [6, 6.07) is 14.3. The number of H-pyrrole nitrogens is 1. The van der Waals surface area contributed by atoms with Gasteiger partial charge in [0, 0.05) is 23.1 Å². The van der Waals surface area contributed by atoms with Crippen LogP contribution in [0.4, 0.5) is 0 Å². The summed E-state index contributed by atoms with van der Waals surface area (Å²) in [6.45, 7) is 5.27. The highest BCUT2D eigenvalue weighted by atomic mass is 16.5. The number of benzene rings is 2. The third kappa shape index (κ3) is 4.77. The van der Waals surface area contributed by atoms with E-state index in [-0.39, 0.29) is 12.1 Å². The van der Waals surface area contributed by atoms with E-state index in [4.69, 9.17) is 9.47 Å². The second kappa shape index (κ2) is 9.15. The predicted molar refractivity (Wildman–Crippen MR) is 124 cm³/mol. The molecule has 0 unspecified atom stereocenters. The van der Waals surface area contributed by atoms with Gasteiger partial charge in [-0.2, -0.15) is 0 Å². The first-order valence-corrected chi connectivity index (χ1v) is 11.1. The van der Waals surface area contributed by atoms with Crippen molar-refractivity contribution < 1.29 is 14.3 Å². The van der Waals surface area contributed by atoms with Gasteiger partial charge in [0.05, 0.1) is 5.56 Å². The monoisotopic (exact) mass is 420 g/mol. The molecular formula is C26H32N2O3. The number of aromatic amines is 1. The van der Waals surface area contributed by atoms with Crippen LogP contribution in [-0.2, 0) is 4.74 Å². The number of likely N-dealkylation sites (N-methyl/N-ethyl adjacent to an activating group) is 1. The number of carbonyl (C=O) groups excluding carboxylic acids is 1. The quantitative estimate of drug-likeness (QED) is 0.482. The van der Waals surface area contributed by atoms with Gasteiger partial charge in [-0.3, -0.25) is 0 Å². The van der Waals surface area contributed by atoms with E-state index in [1.54, 1.807) is 0 Å². The normalized spacial score (nSPS) is 15.1. The van der Waals surface area contributed by atoms with Crippen molar-refractivity contribution in [1.82, 2.24) is 9.88 Å². The number of rotatable bonds is 8. The average Bonchev–Trinajstić information content (AvgIpc) is 3.01. The highest BCUT2D eigenvalue weighted by molar-refractivity contribution is 6.06. The summed E-state index contributed by atoms with van der Waals surface area (Å²) in [5.74, 6) is 1.10. The van der Waals surface area contributed by atoms with Gasteiger partial charge in [0.2, 0.25) is 0 Å². The van der Waals surface area contributed by atoms with Crippen molar-refractivity contribution in [2.24, 2.45) is 0 Å². The van der Waals surface area contributed by atoms with Crippen LogP contribution in [0.15, 0.2) is 42.5 Å². The smallest absolute Gasteiger partial charge is 0.341 e. The molecule has 5 nitrogen and oxygen atoms in total. The molecule has 164 valence electrons. The van der Waals surface area contributed by atoms with Crippen molar-refractivity contribution in [3.05, 3.63) is 64.8 Å². The lowest BCUT2D eigenvalue weighted by Crippen LogP contribution is -2.19. The van der Waals surface area contributed by atoms with Crippen molar-refractivity contribution in [2.45, 2.75) is 45.1 Å². The topological polar surface area (TPSA) is 54.6 Å². The molecule has 1 aliphatic carbocycles. The third-order valence-corrected chi connectivity index (χ3v) is 6.21. The maximum atomic E-state index is 13.1. The molecule has 31 heavy (non-hydrogen) atoms. The SMILES string of the molecule is Cc1[nH]c2ccc(OCCN(C)C)cc2c1C(=O)O[C@@H](C)c1cccc(C2CCC2)c1. The van der Waals surface area contributed by atoms with Gasteiger partial charge in [-0.1, -0.05) is 30.7 Å². The van der Waals surface area contributed by atoms with Crippen LogP contribution >= 0.6 is 0 Å². The van der Waals surface area contributed by atoms with Gasteiger partial charge in [-0.05, 0) is 76.0 Å². The summed E-state index contributed by atoms with van der Waals surface area (Å²) in [5.41, 5.74) is 4.69. The van der Waals surface area contributed by atoms with Crippen LogP contribution in [-0.4, -0.2) is 43.1 Å². The summed E-state index contributed by atoms with van der Waals surface area (Å²) in [7, 11) is 4.03. The van der Waals surface area contributed by atoms with Crippen molar-refractivity contribution in [2.75, 3.05) is 27.2 Å². The van der Waals surface area contributed by atoms with Gasteiger partial charge < -0.3 is 19.4 Å². The fraction of sp³-hybridized carbons (Fsp3) is 0.423. The Balaban J connectivity index is 1.52. The van der Waals surface area contributed by atoms with Crippen molar-refractivity contribution in [3.63, 3.8) is 0 Å². The lowest BCUT2D eigenvalue weighted by molar-refractivity contribution is 0.0339. The molecular weight excluding hydrogens is 388 g/mol. The van der Waals surface area contributed by atoms with E-state index in [1.807, 2.05) is 52.2 Å². The Hall–Kier alpha value is -2.79. The molecule has 1 heterocycles. The van der Waals surface area contributed by atoms with Gasteiger partial charge in [0.1, 0.15) is 18.5 Å². The molecule has 3 aromatic rings. The number of carbonyl (C=O) groups is 1. The van der Waals surface area contributed by atoms with Crippen LogP contribution in [0.3, 0.4) is 0 Å². The fourth-order valence-corrected chi connectivity index (χ4v) is 4.10. The molecule has 1 saturated carbocycles. The van der Waals surface area contributed by atoms with Crippen LogP contribution in [0.1, 0.15) is 65.4 Å². The molecule has 1 aromatic heterocycles. The summed E-state index contributed by atoms with van der Waals surface area (Å²) in [4.78, 5) is 18.5. The maximum Gasteiger partial charge on any atom is 0.341 e. The molecule has 0 spiro atoms. The Kier molecular flexibility index (Phi) is 6.33. The molecule has 1 atom stereocenters. The standard InChI is InChI=1S/C26H32N2O3/c1-17-25(23-16-22(11-12-24(23)27-17)30-14-13-28(3)4)26(29)31-18(2)20-9-6-10-21(15-20)19-7-5-8-19/h6,9-12,15-16,18-19,27H,5,7-8,13-14H2,1-4H3/t18-/m0/s1.